The average Bonchev–Trinajstić information content (AvgIpc) is 2.30. The van der Waals surface area contributed by atoms with Gasteiger partial charge in [-0.15, -0.1) is 0 Å². The maximum Gasteiger partial charge on any atom is 0.341 e. The van der Waals surface area contributed by atoms with Crippen LogP contribution in [0, 0.1) is 6.92 Å². The first-order chi connectivity index (χ1) is 7.70. The van der Waals surface area contributed by atoms with Gasteiger partial charge in [-0.25, -0.2) is 4.79 Å². The fourth-order valence-corrected chi connectivity index (χ4v) is 1.43. The number of carbonyl (C=O) groups is 1. The zero-order valence-corrected chi connectivity index (χ0v) is 10.1. The minimum atomic E-state index is -0.352. The molecule has 0 spiro atoms. The van der Waals surface area contributed by atoms with Gasteiger partial charge in [0.15, 0.2) is 0 Å². The lowest BCUT2D eigenvalue weighted by Crippen LogP contribution is -2.07. The first-order valence-electron chi connectivity index (χ1n) is 5.51. The molecule has 16 heavy (non-hydrogen) atoms. The summed E-state index contributed by atoms with van der Waals surface area (Å²) in [5.74, 6) is 0.290. The summed E-state index contributed by atoms with van der Waals surface area (Å²) in [5, 5.41) is 0. The van der Waals surface area contributed by atoms with Gasteiger partial charge in [0, 0.05) is 0 Å². The van der Waals surface area contributed by atoms with Crippen LogP contribution in [0.25, 0.3) is 0 Å². The highest BCUT2D eigenvalue weighted by Crippen LogP contribution is 2.24. The third-order valence-corrected chi connectivity index (χ3v) is 2.36. The molecule has 1 rings (SSSR count). The maximum atomic E-state index is 11.5. The van der Waals surface area contributed by atoms with Crippen molar-refractivity contribution < 1.29 is 14.3 Å². The quantitative estimate of drug-likeness (QED) is 0.567. The fourth-order valence-electron chi connectivity index (χ4n) is 1.43. The van der Waals surface area contributed by atoms with Crippen molar-refractivity contribution in [3.63, 3.8) is 0 Å². The van der Waals surface area contributed by atoms with Crippen LogP contribution in [-0.2, 0) is 4.74 Å². The van der Waals surface area contributed by atoms with Crippen LogP contribution in [-0.4, -0.2) is 19.7 Å². The molecule has 0 atom stereocenters. The number of hydrogen-bond donors (Lipinski definition) is 0. The predicted octanol–water partition coefficient (Wildman–Crippen LogP) is 2.96. The molecule has 0 fully saturated rings. The van der Waals surface area contributed by atoms with Crippen molar-refractivity contribution in [3.05, 3.63) is 29.3 Å². The Kier molecular flexibility index (Phi) is 4.83. The van der Waals surface area contributed by atoms with E-state index in [4.69, 9.17) is 9.47 Å². The summed E-state index contributed by atoms with van der Waals surface area (Å²) in [6.07, 6.45) is 2.05. The molecule has 0 saturated heterocycles. The Morgan fingerprint density at radius 3 is 2.75 bits per heavy atom. The van der Waals surface area contributed by atoms with Crippen LogP contribution in [0.15, 0.2) is 18.2 Å². The Balaban J connectivity index is 2.90. The van der Waals surface area contributed by atoms with Gasteiger partial charge in [0.25, 0.3) is 0 Å². The summed E-state index contributed by atoms with van der Waals surface area (Å²) in [5.41, 5.74) is 1.46. The fraction of sp³-hybridized carbons (Fsp3) is 0.462. The molecule has 1 aromatic carbocycles. The van der Waals surface area contributed by atoms with Gasteiger partial charge in [-0.2, -0.15) is 0 Å². The SMILES string of the molecule is CCCCOc1c(C)cccc1C(=O)OC. The van der Waals surface area contributed by atoms with Gasteiger partial charge < -0.3 is 9.47 Å². The second-order valence-corrected chi connectivity index (χ2v) is 3.65. The molecule has 88 valence electrons. The molecule has 0 unspecified atom stereocenters. The van der Waals surface area contributed by atoms with E-state index in [1.54, 1.807) is 6.07 Å². The number of esters is 1. The Hall–Kier alpha value is -1.51. The van der Waals surface area contributed by atoms with E-state index in [-0.39, 0.29) is 5.97 Å². The normalized spacial score (nSPS) is 9.94. The summed E-state index contributed by atoms with van der Waals surface area (Å²) in [7, 11) is 1.38. The highest BCUT2D eigenvalue weighted by Gasteiger charge is 2.14. The Morgan fingerprint density at radius 1 is 1.38 bits per heavy atom. The van der Waals surface area contributed by atoms with Crippen molar-refractivity contribution >= 4 is 5.97 Å². The molecular formula is C13H18O3. The summed E-state index contributed by atoms with van der Waals surface area (Å²) < 4.78 is 10.3. The van der Waals surface area contributed by atoms with Gasteiger partial charge in [-0.1, -0.05) is 25.5 Å². The Morgan fingerprint density at radius 2 is 2.12 bits per heavy atom. The van der Waals surface area contributed by atoms with Crippen molar-refractivity contribution in [3.8, 4) is 5.75 Å². The highest BCUT2D eigenvalue weighted by molar-refractivity contribution is 5.92. The number of ether oxygens (including phenoxy) is 2. The lowest BCUT2D eigenvalue weighted by Gasteiger charge is -2.12. The number of methoxy groups -OCH3 is 1. The molecule has 0 saturated carbocycles. The van der Waals surface area contributed by atoms with Gasteiger partial charge in [-0.05, 0) is 25.0 Å². The Labute approximate surface area is 96.4 Å². The molecule has 0 aliphatic rings. The van der Waals surface area contributed by atoms with Gasteiger partial charge in [0.2, 0.25) is 0 Å². The van der Waals surface area contributed by atoms with E-state index in [1.165, 1.54) is 7.11 Å². The lowest BCUT2D eigenvalue weighted by molar-refractivity contribution is 0.0595. The monoisotopic (exact) mass is 222 g/mol. The minimum absolute atomic E-state index is 0.352. The van der Waals surface area contributed by atoms with Crippen LogP contribution in [0.4, 0.5) is 0 Å². The van der Waals surface area contributed by atoms with Gasteiger partial charge >= 0.3 is 5.97 Å². The van der Waals surface area contributed by atoms with Crippen LogP contribution in [0.1, 0.15) is 35.7 Å². The number of hydrogen-bond acceptors (Lipinski definition) is 3. The van der Waals surface area contributed by atoms with E-state index in [0.717, 1.165) is 18.4 Å². The molecule has 3 nitrogen and oxygen atoms in total. The summed E-state index contributed by atoms with van der Waals surface area (Å²) in [4.78, 5) is 11.5. The van der Waals surface area contributed by atoms with Crippen LogP contribution >= 0.6 is 0 Å². The third-order valence-electron chi connectivity index (χ3n) is 2.36. The molecule has 0 aliphatic heterocycles. The molecule has 0 bridgehead atoms. The van der Waals surface area contributed by atoms with Crippen molar-refractivity contribution in [2.24, 2.45) is 0 Å². The van der Waals surface area contributed by atoms with Gasteiger partial charge in [0.1, 0.15) is 11.3 Å². The van der Waals surface area contributed by atoms with E-state index in [0.29, 0.717) is 17.9 Å². The average molecular weight is 222 g/mol. The summed E-state index contributed by atoms with van der Waals surface area (Å²) >= 11 is 0. The van der Waals surface area contributed by atoms with Crippen molar-refractivity contribution in [1.82, 2.24) is 0 Å². The van der Waals surface area contributed by atoms with E-state index in [2.05, 4.69) is 6.92 Å². The molecule has 0 aliphatic carbocycles. The molecule has 0 amide bonds. The first-order valence-corrected chi connectivity index (χ1v) is 5.51. The number of aryl methyl sites for hydroxylation is 1. The number of unbranched alkanes of at least 4 members (excludes halogenated alkanes) is 1. The molecule has 1 aromatic rings. The van der Waals surface area contributed by atoms with Crippen molar-refractivity contribution in [1.29, 1.82) is 0 Å². The van der Waals surface area contributed by atoms with Crippen LogP contribution in [0.2, 0.25) is 0 Å². The second-order valence-electron chi connectivity index (χ2n) is 3.65. The standard InChI is InChI=1S/C13H18O3/c1-4-5-9-16-12-10(2)7-6-8-11(12)13(14)15-3/h6-8H,4-5,9H2,1-3H3. The third kappa shape index (κ3) is 2.99. The predicted molar refractivity (Wildman–Crippen MR) is 62.9 cm³/mol. The largest absolute Gasteiger partial charge is 0.492 e. The number of carbonyl (C=O) groups excluding carboxylic acids is 1. The van der Waals surface area contributed by atoms with Gasteiger partial charge in [-0.3, -0.25) is 0 Å². The van der Waals surface area contributed by atoms with Crippen LogP contribution < -0.4 is 4.74 Å². The van der Waals surface area contributed by atoms with E-state index in [1.807, 2.05) is 19.1 Å². The van der Waals surface area contributed by atoms with Crippen LogP contribution in [0.3, 0.4) is 0 Å². The van der Waals surface area contributed by atoms with E-state index in [9.17, 15) is 4.79 Å². The Bertz CT molecular complexity index is 358. The first kappa shape index (κ1) is 12.6. The molecule has 0 radical (unpaired) electrons. The lowest BCUT2D eigenvalue weighted by atomic mass is 10.1. The molecule has 0 N–H and O–H groups in total. The number of rotatable bonds is 5. The van der Waals surface area contributed by atoms with Crippen LogP contribution in [0.5, 0.6) is 5.75 Å². The van der Waals surface area contributed by atoms with Crippen molar-refractivity contribution in [2.45, 2.75) is 26.7 Å². The zero-order valence-electron chi connectivity index (χ0n) is 10.1. The highest BCUT2D eigenvalue weighted by atomic mass is 16.5. The van der Waals surface area contributed by atoms with Gasteiger partial charge in [0.05, 0.1) is 13.7 Å². The topological polar surface area (TPSA) is 35.5 Å². The minimum Gasteiger partial charge on any atom is -0.492 e. The zero-order chi connectivity index (χ0) is 12.0. The molecule has 3 heteroatoms. The second kappa shape index (κ2) is 6.16. The number of benzene rings is 1. The molecule has 0 heterocycles. The molecule has 0 aromatic heterocycles. The maximum absolute atomic E-state index is 11.5. The van der Waals surface area contributed by atoms with E-state index < -0.39 is 0 Å². The summed E-state index contributed by atoms with van der Waals surface area (Å²) in [6, 6.07) is 5.47. The smallest absolute Gasteiger partial charge is 0.341 e. The molecular weight excluding hydrogens is 204 g/mol. The van der Waals surface area contributed by atoms with E-state index >= 15 is 0 Å². The van der Waals surface area contributed by atoms with Crippen molar-refractivity contribution in [2.75, 3.05) is 13.7 Å². The summed E-state index contributed by atoms with van der Waals surface area (Å²) in [6.45, 7) is 4.65. The number of para-hydroxylation sites is 1.